The second-order valence-electron chi connectivity index (χ2n) is 8.45. The first-order valence-corrected chi connectivity index (χ1v) is 13.0. The highest BCUT2D eigenvalue weighted by Crippen LogP contribution is 2.24. The van der Waals surface area contributed by atoms with Crippen molar-refractivity contribution in [2.45, 2.75) is 50.5 Å². The maximum Gasteiger partial charge on any atom is 0.243 e. The number of sulfonamides is 1. The molecule has 178 valence electrons. The van der Waals surface area contributed by atoms with E-state index in [2.05, 4.69) is 14.5 Å². The third-order valence-corrected chi connectivity index (χ3v) is 8.66. The van der Waals surface area contributed by atoms with E-state index in [0.717, 1.165) is 37.3 Å². The lowest BCUT2D eigenvalue weighted by molar-refractivity contribution is -0.132. The molecular weight excluding hydrogens is 440 g/mol. The van der Waals surface area contributed by atoms with Crippen LogP contribution in [0.25, 0.3) is 11.0 Å². The quantitative estimate of drug-likeness (QED) is 0.502. The van der Waals surface area contributed by atoms with Crippen LogP contribution in [0.3, 0.4) is 0 Å². The van der Waals surface area contributed by atoms with Gasteiger partial charge in [-0.3, -0.25) is 4.79 Å². The number of carbonyl (C=O) groups excluding carboxylic acids is 1. The largest absolute Gasteiger partial charge is 0.343 e. The van der Waals surface area contributed by atoms with E-state index in [1.807, 2.05) is 42.9 Å². The Hall–Kier alpha value is -2.72. The van der Waals surface area contributed by atoms with Crippen molar-refractivity contribution >= 4 is 27.0 Å². The highest BCUT2D eigenvalue weighted by atomic mass is 32.2. The first-order chi connectivity index (χ1) is 15.8. The fourth-order valence-electron chi connectivity index (χ4n) is 4.60. The van der Waals surface area contributed by atoms with Crippen molar-refractivity contribution in [2.75, 3.05) is 26.2 Å². The molecule has 0 spiro atoms. The second kappa shape index (κ2) is 9.64. The van der Waals surface area contributed by atoms with E-state index >= 15 is 0 Å². The normalized spacial score (nSPS) is 15.6. The number of fused-ring (bicyclic) bond motifs is 1. The van der Waals surface area contributed by atoms with Crippen LogP contribution in [0.2, 0.25) is 0 Å². The van der Waals surface area contributed by atoms with Gasteiger partial charge in [-0.2, -0.15) is 4.31 Å². The molecule has 0 atom stereocenters. The Balaban J connectivity index is 1.42. The minimum absolute atomic E-state index is 0.135. The van der Waals surface area contributed by atoms with Gasteiger partial charge in [0.25, 0.3) is 0 Å². The number of hydrogen-bond acceptors (Lipinski definition) is 5. The van der Waals surface area contributed by atoms with Gasteiger partial charge in [-0.1, -0.05) is 13.8 Å². The summed E-state index contributed by atoms with van der Waals surface area (Å²) in [6.45, 7) is 6.00. The van der Waals surface area contributed by atoms with Crippen molar-refractivity contribution in [3.05, 3.63) is 42.7 Å². The number of nitrogens with zero attached hydrogens (tertiary/aromatic N) is 6. The van der Waals surface area contributed by atoms with Crippen LogP contribution in [0.4, 0.5) is 0 Å². The van der Waals surface area contributed by atoms with Gasteiger partial charge >= 0.3 is 0 Å². The predicted molar refractivity (Wildman–Crippen MR) is 126 cm³/mol. The highest BCUT2D eigenvalue weighted by molar-refractivity contribution is 7.89. The summed E-state index contributed by atoms with van der Waals surface area (Å²) in [6, 6.07) is 5.47. The molecule has 10 heteroatoms. The van der Waals surface area contributed by atoms with Gasteiger partial charge in [0.05, 0.1) is 22.3 Å². The van der Waals surface area contributed by atoms with Crippen LogP contribution in [-0.4, -0.2) is 68.8 Å². The standard InChI is InChI=1S/C23H32N6O3S/c1-4-29(5-2)33(31,32)19-6-7-21-20(16-19)25-22(26(21)3)8-9-23(30)27-13-10-18(11-14-27)28-15-12-24-17-28/h6-7,12,15-18H,4-5,8-11,13-14H2,1-3H3. The molecule has 1 aromatic carbocycles. The molecule has 0 unspecified atom stereocenters. The van der Waals surface area contributed by atoms with E-state index in [1.54, 1.807) is 24.4 Å². The molecule has 2 aromatic heterocycles. The summed E-state index contributed by atoms with van der Waals surface area (Å²) in [5.74, 6) is 0.917. The van der Waals surface area contributed by atoms with Crippen LogP contribution in [0.15, 0.2) is 41.8 Å². The number of likely N-dealkylation sites (tertiary alicyclic amines) is 1. The summed E-state index contributed by atoms with van der Waals surface area (Å²) in [4.78, 5) is 23.8. The fourth-order valence-corrected chi connectivity index (χ4v) is 6.08. The Morgan fingerprint density at radius 2 is 1.91 bits per heavy atom. The molecule has 0 aliphatic carbocycles. The topological polar surface area (TPSA) is 93.3 Å². The van der Waals surface area contributed by atoms with E-state index in [9.17, 15) is 13.2 Å². The molecule has 3 heterocycles. The number of aromatic nitrogens is 4. The lowest BCUT2D eigenvalue weighted by atomic mass is 10.0. The molecule has 9 nitrogen and oxygen atoms in total. The minimum atomic E-state index is -3.54. The van der Waals surface area contributed by atoms with Gasteiger partial charge in [0.1, 0.15) is 5.82 Å². The number of rotatable bonds is 8. The Morgan fingerprint density at radius 1 is 1.18 bits per heavy atom. The zero-order chi connectivity index (χ0) is 23.6. The Kier molecular flexibility index (Phi) is 6.85. The Morgan fingerprint density at radius 3 is 2.55 bits per heavy atom. The van der Waals surface area contributed by atoms with E-state index in [-0.39, 0.29) is 10.8 Å². The van der Waals surface area contributed by atoms with Crippen molar-refractivity contribution in [3.8, 4) is 0 Å². The van der Waals surface area contributed by atoms with Crippen LogP contribution in [0.5, 0.6) is 0 Å². The SMILES string of the molecule is CCN(CC)S(=O)(=O)c1ccc2c(c1)nc(CCC(=O)N1CCC(n3ccnc3)CC1)n2C. The van der Waals surface area contributed by atoms with E-state index < -0.39 is 10.0 Å². The third-order valence-electron chi connectivity index (χ3n) is 6.61. The summed E-state index contributed by atoms with van der Waals surface area (Å²) < 4.78 is 31.2. The molecule has 0 N–H and O–H groups in total. The molecule has 4 rings (SSSR count). The Labute approximate surface area is 195 Å². The van der Waals surface area contributed by atoms with Crippen molar-refractivity contribution in [3.63, 3.8) is 0 Å². The summed E-state index contributed by atoms with van der Waals surface area (Å²) in [6.07, 6.45) is 8.37. The Bertz CT molecular complexity index is 1210. The van der Waals surface area contributed by atoms with Crippen molar-refractivity contribution in [1.82, 2.24) is 28.3 Å². The van der Waals surface area contributed by atoms with E-state index in [0.29, 0.717) is 37.5 Å². The highest BCUT2D eigenvalue weighted by Gasteiger charge is 2.25. The molecule has 1 aliphatic rings. The summed E-state index contributed by atoms with van der Waals surface area (Å²) in [7, 11) is -1.63. The van der Waals surface area contributed by atoms with Gasteiger partial charge in [-0.05, 0) is 31.0 Å². The van der Waals surface area contributed by atoms with Crippen LogP contribution in [-0.2, 0) is 28.3 Å². The second-order valence-corrected chi connectivity index (χ2v) is 10.4. The van der Waals surface area contributed by atoms with Gasteiger partial charge in [-0.25, -0.2) is 18.4 Å². The number of carbonyl (C=O) groups is 1. The number of aryl methyl sites for hydroxylation is 2. The molecule has 33 heavy (non-hydrogen) atoms. The monoisotopic (exact) mass is 472 g/mol. The van der Waals surface area contributed by atoms with Crippen molar-refractivity contribution < 1.29 is 13.2 Å². The third kappa shape index (κ3) is 4.67. The molecule has 1 aliphatic heterocycles. The predicted octanol–water partition coefficient (Wildman–Crippen LogP) is 2.60. The van der Waals surface area contributed by atoms with Crippen molar-refractivity contribution in [1.29, 1.82) is 0 Å². The number of hydrogen-bond donors (Lipinski definition) is 0. The molecule has 0 saturated carbocycles. The smallest absolute Gasteiger partial charge is 0.243 e. The number of benzene rings is 1. The van der Waals surface area contributed by atoms with E-state index in [1.165, 1.54) is 4.31 Å². The van der Waals surface area contributed by atoms with Crippen LogP contribution < -0.4 is 0 Å². The zero-order valence-corrected chi connectivity index (χ0v) is 20.3. The van der Waals surface area contributed by atoms with Crippen LogP contribution in [0, 0.1) is 0 Å². The molecule has 1 saturated heterocycles. The summed E-state index contributed by atoms with van der Waals surface area (Å²) >= 11 is 0. The van der Waals surface area contributed by atoms with Gasteiger partial charge < -0.3 is 14.0 Å². The van der Waals surface area contributed by atoms with Gasteiger partial charge in [0.15, 0.2) is 0 Å². The average Bonchev–Trinajstić information content (AvgIpc) is 3.46. The van der Waals surface area contributed by atoms with Gasteiger partial charge in [0.2, 0.25) is 15.9 Å². The van der Waals surface area contributed by atoms with Crippen LogP contribution in [0.1, 0.15) is 45.0 Å². The number of imidazole rings is 2. The van der Waals surface area contributed by atoms with Crippen LogP contribution >= 0.6 is 0 Å². The van der Waals surface area contributed by atoms with Crippen molar-refractivity contribution in [2.24, 2.45) is 7.05 Å². The summed E-state index contributed by atoms with van der Waals surface area (Å²) in [5.41, 5.74) is 1.49. The lowest BCUT2D eigenvalue weighted by Crippen LogP contribution is -2.39. The molecule has 3 aromatic rings. The molecule has 0 radical (unpaired) electrons. The molecular formula is C23H32N6O3S. The molecule has 1 amide bonds. The molecule has 1 fully saturated rings. The van der Waals surface area contributed by atoms with Gasteiger partial charge in [0, 0.05) is 64.5 Å². The van der Waals surface area contributed by atoms with Gasteiger partial charge in [-0.15, -0.1) is 0 Å². The van der Waals surface area contributed by atoms with E-state index in [4.69, 9.17) is 0 Å². The maximum absolute atomic E-state index is 12.9. The molecule has 0 bridgehead atoms. The maximum atomic E-state index is 12.9. The zero-order valence-electron chi connectivity index (χ0n) is 19.5. The number of amides is 1. The average molecular weight is 473 g/mol. The summed E-state index contributed by atoms with van der Waals surface area (Å²) in [5, 5.41) is 0. The first kappa shape index (κ1) is 23.4. The lowest BCUT2D eigenvalue weighted by Gasteiger charge is -2.32. The number of piperidine rings is 1. The minimum Gasteiger partial charge on any atom is -0.343 e. The first-order valence-electron chi connectivity index (χ1n) is 11.6. The fraction of sp³-hybridized carbons (Fsp3) is 0.522.